The second-order valence-corrected chi connectivity index (χ2v) is 3.82. The molecule has 4 heteroatoms. The molecule has 1 aromatic heterocycles. The fourth-order valence-corrected chi connectivity index (χ4v) is 1.58. The van der Waals surface area contributed by atoms with Crippen LogP contribution in [-0.2, 0) is 4.79 Å². The summed E-state index contributed by atoms with van der Waals surface area (Å²) >= 11 is 0. The van der Waals surface area contributed by atoms with Crippen LogP contribution in [0.5, 0.6) is 0 Å². The number of rotatable bonds is 4. The van der Waals surface area contributed by atoms with Gasteiger partial charge in [-0.2, -0.15) is 0 Å². The van der Waals surface area contributed by atoms with Gasteiger partial charge in [-0.1, -0.05) is 12.1 Å². The first-order valence-corrected chi connectivity index (χ1v) is 5.28. The van der Waals surface area contributed by atoms with Crippen LogP contribution in [0.4, 0.5) is 0 Å². The normalized spacial score (nSPS) is 10.2. The summed E-state index contributed by atoms with van der Waals surface area (Å²) in [5.41, 5.74) is 1.41. The highest BCUT2D eigenvalue weighted by Gasteiger charge is 2.09. The Hall–Kier alpha value is -2.23. The molecule has 0 bridgehead atoms. The van der Waals surface area contributed by atoms with Crippen LogP contribution in [0, 0.1) is 0 Å². The number of Topliss-reactive ketones (excluding diaryl/α,β-unsaturated/α-hetero) is 2. The van der Waals surface area contributed by atoms with E-state index in [1.165, 1.54) is 6.92 Å². The number of hydrogen-bond donors (Lipinski definition) is 0. The first-order valence-electron chi connectivity index (χ1n) is 5.28. The largest absolute Gasteiger partial charge is 0.306 e. The molecule has 4 nitrogen and oxygen atoms in total. The molecule has 2 rings (SSSR count). The van der Waals surface area contributed by atoms with Gasteiger partial charge in [0.2, 0.25) is 0 Å². The third-order valence-corrected chi connectivity index (χ3v) is 2.38. The molecule has 0 radical (unpaired) electrons. The zero-order valence-electron chi connectivity index (χ0n) is 9.46. The maximum absolute atomic E-state index is 11.7. The second kappa shape index (κ2) is 4.74. The van der Waals surface area contributed by atoms with Gasteiger partial charge in [0.25, 0.3) is 0 Å². The number of carbonyl (C=O) groups is 2. The molecule has 0 atom stereocenters. The van der Waals surface area contributed by atoms with Crippen LogP contribution in [-0.4, -0.2) is 21.1 Å². The Balaban J connectivity index is 2.29. The lowest BCUT2D eigenvalue weighted by molar-refractivity contribution is -0.116. The van der Waals surface area contributed by atoms with Gasteiger partial charge < -0.3 is 4.57 Å². The van der Waals surface area contributed by atoms with E-state index in [-0.39, 0.29) is 18.0 Å². The van der Waals surface area contributed by atoms with Crippen molar-refractivity contribution >= 4 is 11.6 Å². The second-order valence-electron chi connectivity index (χ2n) is 3.82. The first kappa shape index (κ1) is 11.3. The van der Waals surface area contributed by atoms with Crippen molar-refractivity contribution in [3.63, 3.8) is 0 Å². The highest BCUT2D eigenvalue weighted by Crippen LogP contribution is 2.12. The zero-order valence-corrected chi connectivity index (χ0v) is 9.46. The molecule has 0 fully saturated rings. The summed E-state index contributed by atoms with van der Waals surface area (Å²) in [6.07, 6.45) is 5.08. The van der Waals surface area contributed by atoms with E-state index in [1.54, 1.807) is 36.9 Å². The topological polar surface area (TPSA) is 52.0 Å². The molecule has 0 aliphatic heterocycles. The van der Waals surface area contributed by atoms with Gasteiger partial charge in [-0.05, 0) is 19.1 Å². The van der Waals surface area contributed by atoms with Gasteiger partial charge >= 0.3 is 0 Å². The average molecular weight is 228 g/mol. The van der Waals surface area contributed by atoms with Crippen molar-refractivity contribution in [2.45, 2.75) is 13.3 Å². The Morgan fingerprint density at radius 2 is 2.18 bits per heavy atom. The minimum atomic E-state index is -0.153. The summed E-state index contributed by atoms with van der Waals surface area (Å²) in [4.78, 5) is 26.6. The Labute approximate surface area is 98.9 Å². The number of aromatic nitrogens is 2. The van der Waals surface area contributed by atoms with E-state index in [2.05, 4.69) is 4.98 Å². The van der Waals surface area contributed by atoms with Crippen LogP contribution in [0.15, 0.2) is 43.0 Å². The van der Waals surface area contributed by atoms with Gasteiger partial charge in [-0.3, -0.25) is 9.59 Å². The predicted molar refractivity (Wildman–Crippen MR) is 63.2 cm³/mol. The SMILES string of the molecule is CC(=O)CC(=O)c1cccc(-n2ccnc2)c1. The first-order chi connectivity index (χ1) is 8.16. The van der Waals surface area contributed by atoms with Crippen molar-refractivity contribution in [2.75, 3.05) is 0 Å². The quantitative estimate of drug-likeness (QED) is 0.594. The summed E-state index contributed by atoms with van der Waals surface area (Å²) in [5.74, 6) is -0.275. The lowest BCUT2D eigenvalue weighted by Crippen LogP contribution is -2.05. The van der Waals surface area contributed by atoms with Gasteiger partial charge in [0.15, 0.2) is 5.78 Å². The molecule has 0 N–H and O–H groups in total. The van der Waals surface area contributed by atoms with E-state index in [0.29, 0.717) is 5.56 Å². The summed E-state index contributed by atoms with van der Waals surface area (Å²) in [7, 11) is 0. The van der Waals surface area contributed by atoms with Crippen molar-refractivity contribution < 1.29 is 9.59 Å². The molecule has 0 saturated carbocycles. The Bertz CT molecular complexity index is 544. The molecule has 1 heterocycles. The van der Waals surface area contributed by atoms with Crippen molar-refractivity contribution in [3.05, 3.63) is 48.5 Å². The van der Waals surface area contributed by atoms with Gasteiger partial charge in [-0.25, -0.2) is 4.98 Å². The standard InChI is InChI=1S/C13H12N2O2/c1-10(16)7-13(17)11-3-2-4-12(8-11)15-6-5-14-9-15/h2-6,8-9H,7H2,1H3. The van der Waals surface area contributed by atoms with Crippen molar-refractivity contribution in [1.29, 1.82) is 0 Å². The molecule has 0 saturated heterocycles. The van der Waals surface area contributed by atoms with Crippen molar-refractivity contribution in [2.24, 2.45) is 0 Å². The molecular formula is C13H12N2O2. The summed E-state index contributed by atoms with van der Waals surface area (Å²) in [5, 5.41) is 0. The highest BCUT2D eigenvalue weighted by atomic mass is 16.1. The third-order valence-electron chi connectivity index (χ3n) is 2.38. The van der Waals surface area contributed by atoms with E-state index in [9.17, 15) is 9.59 Å². The van der Waals surface area contributed by atoms with Gasteiger partial charge in [-0.15, -0.1) is 0 Å². The summed E-state index contributed by atoms with van der Waals surface area (Å²) in [6.45, 7) is 1.41. The number of hydrogen-bond acceptors (Lipinski definition) is 3. The fourth-order valence-electron chi connectivity index (χ4n) is 1.58. The molecular weight excluding hydrogens is 216 g/mol. The van der Waals surface area contributed by atoms with E-state index < -0.39 is 0 Å². The zero-order chi connectivity index (χ0) is 12.3. The minimum Gasteiger partial charge on any atom is -0.306 e. The monoisotopic (exact) mass is 228 g/mol. The number of carbonyl (C=O) groups excluding carboxylic acids is 2. The summed E-state index contributed by atoms with van der Waals surface area (Å²) in [6, 6.07) is 7.15. The molecule has 0 amide bonds. The summed E-state index contributed by atoms with van der Waals surface area (Å²) < 4.78 is 1.81. The van der Waals surface area contributed by atoms with Crippen LogP contribution >= 0.6 is 0 Å². The molecule has 2 aromatic rings. The molecule has 0 aliphatic rings. The van der Waals surface area contributed by atoms with Gasteiger partial charge in [0.1, 0.15) is 5.78 Å². The van der Waals surface area contributed by atoms with E-state index in [0.717, 1.165) is 5.69 Å². The molecule has 0 spiro atoms. The van der Waals surface area contributed by atoms with E-state index in [1.807, 2.05) is 10.6 Å². The Morgan fingerprint density at radius 3 is 2.82 bits per heavy atom. The molecule has 1 aromatic carbocycles. The molecule has 0 unspecified atom stereocenters. The van der Waals surface area contributed by atoms with Gasteiger partial charge in [0, 0.05) is 23.6 Å². The van der Waals surface area contributed by atoms with Gasteiger partial charge in [0.05, 0.1) is 12.7 Å². The predicted octanol–water partition coefficient (Wildman–Crippen LogP) is 2.03. The number of imidazole rings is 1. The van der Waals surface area contributed by atoms with Crippen LogP contribution in [0.25, 0.3) is 5.69 Å². The average Bonchev–Trinajstić information content (AvgIpc) is 2.82. The third kappa shape index (κ3) is 2.66. The van der Waals surface area contributed by atoms with Crippen LogP contribution in [0.2, 0.25) is 0 Å². The molecule has 17 heavy (non-hydrogen) atoms. The minimum absolute atomic E-state index is 0.0482. The molecule has 0 aliphatic carbocycles. The van der Waals surface area contributed by atoms with Crippen molar-refractivity contribution in [3.8, 4) is 5.69 Å². The maximum atomic E-state index is 11.7. The number of benzene rings is 1. The smallest absolute Gasteiger partial charge is 0.170 e. The number of nitrogens with zero attached hydrogens (tertiary/aromatic N) is 2. The van der Waals surface area contributed by atoms with Crippen LogP contribution in [0.3, 0.4) is 0 Å². The van der Waals surface area contributed by atoms with Crippen LogP contribution in [0.1, 0.15) is 23.7 Å². The van der Waals surface area contributed by atoms with E-state index in [4.69, 9.17) is 0 Å². The molecule has 86 valence electrons. The highest BCUT2D eigenvalue weighted by molar-refractivity contribution is 6.07. The Kier molecular flexibility index (Phi) is 3.14. The van der Waals surface area contributed by atoms with E-state index >= 15 is 0 Å². The fraction of sp³-hybridized carbons (Fsp3) is 0.154. The maximum Gasteiger partial charge on any atom is 0.170 e. The number of ketones is 2. The lowest BCUT2D eigenvalue weighted by Gasteiger charge is -2.04. The van der Waals surface area contributed by atoms with Crippen LogP contribution < -0.4 is 0 Å². The lowest BCUT2D eigenvalue weighted by atomic mass is 10.1. The van der Waals surface area contributed by atoms with Crippen molar-refractivity contribution in [1.82, 2.24) is 9.55 Å². The Morgan fingerprint density at radius 1 is 1.35 bits per heavy atom.